The lowest BCUT2D eigenvalue weighted by Crippen LogP contribution is -2.30. The summed E-state index contributed by atoms with van der Waals surface area (Å²) in [7, 11) is 0. The van der Waals surface area contributed by atoms with Gasteiger partial charge in [0.25, 0.3) is 0 Å². The smallest absolute Gasteiger partial charge is 0.362 e. The number of anilines is 1. The fourth-order valence-electron chi connectivity index (χ4n) is 2.89. The van der Waals surface area contributed by atoms with Crippen LogP contribution in [0.5, 0.6) is 0 Å². The highest BCUT2D eigenvalue weighted by Crippen LogP contribution is 2.46. The van der Waals surface area contributed by atoms with Gasteiger partial charge in [-0.1, -0.05) is 29.3 Å². The third kappa shape index (κ3) is 4.90. The summed E-state index contributed by atoms with van der Waals surface area (Å²) < 4.78 is 40.6. The molecule has 1 aromatic carbocycles. The number of thiocarbonyl (C=S) groups is 1. The average Bonchev–Trinajstić information content (AvgIpc) is 3.38. The molecule has 10 heteroatoms. The lowest BCUT2D eigenvalue weighted by Gasteiger charge is -2.13. The molecule has 0 unspecified atom stereocenters. The van der Waals surface area contributed by atoms with Gasteiger partial charge in [0.05, 0.1) is 10.7 Å². The number of hydrogen-bond donors (Lipinski definition) is 2. The molecule has 1 aliphatic rings. The molecule has 0 bridgehead atoms. The van der Waals surface area contributed by atoms with Crippen LogP contribution in [-0.4, -0.2) is 21.4 Å². The highest BCUT2D eigenvalue weighted by atomic mass is 35.5. The number of hydrogen-bond acceptors (Lipinski definition) is 2. The fourth-order valence-corrected chi connectivity index (χ4v) is 3.67. The molecule has 1 saturated carbocycles. The van der Waals surface area contributed by atoms with E-state index in [1.54, 1.807) is 6.07 Å². The van der Waals surface area contributed by atoms with Crippen molar-refractivity contribution >= 4 is 46.2 Å². The molecule has 152 valence electrons. The van der Waals surface area contributed by atoms with Gasteiger partial charge in [-0.25, -0.2) is 0 Å². The molecule has 0 spiro atoms. The summed E-state index contributed by atoms with van der Waals surface area (Å²) in [6, 6.07) is 5.47. The number of halogens is 5. The first-order valence-electron chi connectivity index (χ1n) is 8.82. The normalized spacial score (nSPS) is 14.2. The van der Waals surface area contributed by atoms with E-state index in [0.717, 1.165) is 24.1 Å². The summed E-state index contributed by atoms with van der Waals surface area (Å²) in [5.74, 6) is 0.0672. The first kappa shape index (κ1) is 21.2. The zero-order chi connectivity index (χ0) is 20.5. The molecule has 3 rings (SSSR count). The molecule has 0 aliphatic heterocycles. The van der Waals surface area contributed by atoms with E-state index in [-0.39, 0.29) is 10.9 Å². The van der Waals surface area contributed by atoms with Crippen LogP contribution in [0.15, 0.2) is 18.2 Å². The quantitative estimate of drug-likeness (QED) is 0.432. The summed E-state index contributed by atoms with van der Waals surface area (Å²) in [4.78, 5) is 0. The largest absolute Gasteiger partial charge is 0.436 e. The summed E-state index contributed by atoms with van der Waals surface area (Å²) in [5.41, 5.74) is 1.17. The Labute approximate surface area is 176 Å². The summed E-state index contributed by atoms with van der Waals surface area (Å²) in [5, 5.41) is 10.6. The second kappa shape index (κ2) is 8.47. The van der Waals surface area contributed by atoms with Crippen molar-refractivity contribution < 1.29 is 13.2 Å². The fraction of sp³-hybridized carbons (Fsp3) is 0.444. The molecular formula is C18H19Cl2F3N4S. The van der Waals surface area contributed by atoms with Crippen LogP contribution in [0.4, 0.5) is 18.9 Å². The Morgan fingerprint density at radius 3 is 2.68 bits per heavy atom. The second-order valence-electron chi connectivity index (χ2n) is 6.69. The molecule has 1 aromatic heterocycles. The minimum Gasteiger partial charge on any atom is -0.362 e. The number of alkyl halides is 3. The van der Waals surface area contributed by atoms with Gasteiger partial charge in [0.15, 0.2) is 10.8 Å². The van der Waals surface area contributed by atoms with E-state index in [4.69, 9.17) is 35.4 Å². The van der Waals surface area contributed by atoms with Crippen molar-refractivity contribution in [1.29, 1.82) is 0 Å². The SMILES string of the molecule is Cc1c(Cl)cccc1NC(=S)NCCCn1nc(C(F)(F)F)c(Cl)c1C1CC1. The third-order valence-corrected chi connectivity index (χ3v) is 5.54. The van der Waals surface area contributed by atoms with Gasteiger partial charge in [0.1, 0.15) is 0 Å². The Hall–Kier alpha value is -1.51. The number of aromatic nitrogens is 2. The lowest BCUT2D eigenvalue weighted by atomic mass is 10.2. The standard InChI is InChI=1S/C18H19Cl2F3N4S/c1-10-12(19)4-2-5-13(10)25-17(28)24-8-3-9-27-15(11-6-7-11)14(20)16(26-27)18(21,22)23/h2,4-5,11H,3,6-9H2,1H3,(H2,24,25,28). The van der Waals surface area contributed by atoms with E-state index in [0.29, 0.717) is 35.3 Å². The highest BCUT2D eigenvalue weighted by molar-refractivity contribution is 7.80. The van der Waals surface area contributed by atoms with Gasteiger partial charge < -0.3 is 10.6 Å². The summed E-state index contributed by atoms with van der Waals surface area (Å²) in [6.07, 6.45) is -2.32. The molecule has 0 saturated heterocycles. The predicted octanol–water partition coefficient (Wildman–Crippen LogP) is 5.77. The van der Waals surface area contributed by atoms with Crippen LogP contribution in [0.1, 0.15) is 42.1 Å². The predicted molar refractivity (Wildman–Crippen MR) is 109 cm³/mol. The molecule has 0 atom stereocenters. The van der Waals surface area contributed by atoms with E-state index in [1.807, 2.05) is 19.1 Å². The van der Waals surface area contributed by atoms with Crippen molar-refractivity contribution in [1.82, 2.24) is 15.1 Å². The zero-order valence-corrected chi connectivity index (χ0v) is 17.4. The van der Waals surface area contributed by atoms with Crippen molar-refractivity contribution in [3.05, 3.63) is 45.2 Å². The Morgan fingerprint density at radius 2 is 2.04 bits per heavy atom. The molecule has 2 N–H and O–H groups in total. The van der Waals surface area contributed by atoms with Gasteiger partial charge in [0, 0.05) is 29.7 Å². The van der Waals surface area contributed by atoms with E-state index in [9.17, 15) is 13.2 Å². The molecule has 1 aliphatic carbocycles. The van der Waals surface area contributed by atoms with Crippen LogP contribution in [-0.2, 0) is 12.7 Å². The van der Waals surface area contributed by atoms with E-state index >= 15 is 0 Å². The minimum absolute atomic E-state index is 0.0672. The molecule has 4 nitrogen and oxygen atoms in total. The number of rotatable bonds is 6. The molecule has 0 amide bonds. The molecule has 0 radical (unpaired) electrons. The van der Waals surface area contributed by atoms with E-state index in [2.05, 4.69) is 15.7 Å². The van der Waals surface area contributed by atoms with Gasteiger partial charge in [-0.3, -0.25) is 4.68 Å². The van der Waals surface area contributed by atoms with Crippen molar-refractivity contribution in [2.45, 2.75) is 44.8 Å². The van der Waals surface area contributed by atoms with Crippen LogP contribution in [0.2, 0.25) is 10.0 Å². The molecule has 1 heterocycles. The first-order valence-corrected chi connectivity index (χ1v) is 9.98. The maximum Gasteiger partial charge on any atom is 0.436 e. The van der Waals surface area contributed by atoms with E-state index in [1.165, 1.54) is 4.68 Å². The van der Waals surface area contributed by atoms with Gasteiger partial charge >= 0.3 is 6.18 Å². The zero-order valence-electron chi connectivity index (χ0n) is 15.0. The topological polar surface area (TPSA) is 41.9 Å². The number of nitrogens with zero attached hydrogens (tertiary/aromatic N) is 2. The number of nitrogens with one attached hydrogen (secondary N) is 2. The Morgan fingerprint density at radius 1 is 1.32 bits per heavy atom. The van der Waals surface area contributed by atoms with Crippen molar-refractivity contribution in [2.24, 2.45) is 0 Å². The lowest BCUT2D eigenvalue weighted by molar-refractivity contribution is -0.141. The molecular weight excluding hydrogens is 432 g/mol. The third-order valence-electron chi connectivity index (χ3n) is 4.51. The van der Waals surface area contributed by atoms with E-state index < -0.39 is 11.9 Å². The Bertz CT molecular complexity index is 878. The summed E-state index contributed by atoms with van der Waals surface area (Å²) in [6.45, 7) is 2.69. The van der Waals surface area contributed by atoms with Crippen LogP contribution in [0.25, 0.3) is 0 Å². The van der Waals surface area contributed by atoms with Gasteiger partial charge in [-0.15, -0.1) is 0 Å². The molecule has 28 heavy (non-hydrogen) atoms. The number of aryl methyl sites for hydroxylation is 1. The van der Waals surface area contributed by atoms with Crippen LogP contribution < -0.4 is 10.6 Å². The monoisotopic (exact) mass is 450 g/mol. The van der Waals surface area contributed by atoms with Crippen LogP contribution >= 0.6 is 35.4 Å². The Balaban J connectivity index is 1.55. The van der Waals surface area contributed by atoms with Gasteiger partial charge in [-0.05, 0) is 56.1 Å². The van der Waals surface area contributed by atoms with Gasteiger partial charge in [0.2, 0.25) is 0 Å². The second-order valence-corrected chi connectivity index (χ2v) is 7.88. The van der Waals surface area contributed by atoms with Crippen molar-refractivity contribution in [3.8, 4) is 0 Å². The number of benzene rings is 1. The van der Waals surface area contributed by atoms with Crippen molar-refractivity contribution in [3.63, 3.8) is 0 Å². The molecule has 1 fully saturated rings. The maximum atomic E-state index is 13.1. The molecule has 2 aromatic rings. The minimum atomic E-state index is -4.55. The van der Waals surface area contributed by atoms with Crippen molar-refractivity contribution in [2.75, 3.05) is 11.9 Å². The summed E-state index contributed by atoms with van der Waals surface area (Å²) >= 11 is 17.3. The van der Waals surface area contributed by atoms with Crippen LogP contribution in [0, 0.1) is 6.92 Å². The van der Waals surface area contributed by atoms with Crippen LogP contribution in [0.3, 0.4) is 0 Å². The van der Waals surface area contributed by atoms with Gasteiger partial charge in [-0.2, -0.15) is 18.3 Å². The average molecular weight is 451 g/mol. The maximum absolute atomic E-state index is 13.1. The Kier molecular flexibility index (Phi) is 6.41. The first-order chi connectivity index (χ1) is 13.2. The highest BCUT2D eigenvalue weighted by Gasteiger charge is 2.41.